The third-order valence-electron chi connectivity index (χ3n) is 4.78. The maximum atomic E-state index is 12.8. The predicted molar refractivity (Wildman–Crippen MR) is 93.1 cm³/mol. The average molecular weight is 351 g/mol. The lowest BCUT2D eigenvalue weighted by Crippen LogP contribution is -2.40. The smallest absolute Gasteiger partial charge is 0.326 e. The first-order valence-electron chi connectivity index (χ1n) is 8.37. The van der Waals surface area contributed by atoms with E-state index in [1.54, 1.807) is 24.0 Å². The molecule has 1 aliphatic heterocycles. The standard InChI is InChI=1S/C18H17N5O3/c1-11-16(17(24)22-9-3-6-15(22)18(25)26)20-21-23(11)14-5-2-4-12-10-19-8-7-13(12)14/h2,4-5,7-8,10,15H,3,6,9H2,1H3,(H,25,26)/t15-/m0/s1. The summed E-state index contributed by atoms with van der Waals surface area (Å²) in [5, 5.41) is 19.4. The molecule has 1 atom stereocenters. The van der Waals surface area contributed by atoms with Gasteiger partial charge in [0, 0.05) is 29.7 Å². The van der Waals surface area contributed by atoms with Crippen LogP contribution in [0.25, 0.3) is 16.5 Å². The van der Waals surface area contributed by atoms with Gasteiger partial charge in [-0.05, 0) is 31.9 Å². The molecule has 3 aromatic rings. The summed E-state index contributed by atoms with van der Waals surface area (Å²) >= 11 is 0. The second-order valence-corrected chi connectivity index (χ2v) is 6.30. The third kappa shape index (κ3) is 2.50. The summed E-state index contributed by atoms with van der Waals surface area (Å²) < 4.78 is 1.61. The molecule has 2 aromatic heterocycles. The van der Waals surface area contributed by atoms with Gasteiger partial charge in [-0.1, -0.05) is 17.3 Å². The quantitative estimate of drug-likeness (QED) is 0.772. The molecule has 4 rings (SSSR count). The molecule has 0 spiro atoms. The van der Waals surface area contributed by atoms with Crippen LogP contribution in [-0.4, -0.2) is 54.4 Å². The normalized spacial score (nSPS) is 17.0. The Hall–Kier alpha value is -3.29. The number of carboxylic acids is 1. The van der Waals surface area contributed by atoms with Crippen LogP contribution in [0.5, 0.6) is 0 Å². The molecule has 0 aliphatic carbocycles. The number of aliphatic carboxylic acids is 1. The summed E-state index contributed by atoms with van der Waals surface area (Å²) in [5.74, 6) is -1.37. The number of likely N-dealkylation sites (tertiary alicyclic amines) is 1. The van der Waals surface area contributed by atoms with E-state index in [0.29, 0.717) is 25.1 Å². The van der Waals surface area contributed by atoms with E-state index in [1.165, 1.54) is 4.90 Å². The van der Waals surface area contributed by atoms with Gasteiger partial charge in [0.2, 0.25) is 0 Å². The van der Waals surface area contributed by atoms with Crippen molar-refractivity contribution in [2.75, 3.05) is 6.54 Å². The number of fused-ring (bicyclic) bond motifs is 1. The topological polar surface area (TPSA) is 101 Å². The maximum absolute atomic E-state index is 12.8. The molecule has 132 valence electrons. The Morgan fingerprint density at radius 2 is 2.12 bits per heavy atom. The van der Waals surface area contributed by atoms with E-state index in [1.807, 2.05) is 24.3 Å². The first kappa shape index (κ1) is 16.2. The Kier molecular flexibility index (Phi) is 3.87. The number of pyridine rings is 1. The molecular formula is C18H17N5O3. The van der Waals surface area contributed by atoms with Crippen LogP contribution >= 0.6 is 0 Å². The largest absolute Gasteiger partial charge is 0.480 e. The van der Waals surface area contributed by atoms with E-state index in [9.17, 15) is 14.7 Å². The molecule has 3 heterocycles. The first-order valence-corrected chi connectivity index (χ1v) is 8.37. The van der Waals surface area contributed by atoms with Crippen molar-refractivity contribution in [3.63, 3.8) is 0 Å². The number of rotatable bonds is 3. The zero-order valence-electron chi connectivity index (χ0n) is 14.2. The molecule has 8 nitrogen and oxygen atoms in total. The number of carboxylic acid groups (broad SMARTS) is 1. The molecule has 0 unspecified atom stereocenters. The minimum atomic E-state index is -0.984. The van der Waals surface area contributed by atoms with Gasteiger partial charge in [0.1, 0.15) is 6.04 Å². The van der Waals surface area contributed by atoms with Gasteiger partial charge in [0.15, 0.2) is 5.69 Å². The molecular weight excluding hydrogens is 334 g/mol. The Morgan fingerprint density at radius 3 is 2.92 bits per heavy atom. The number of amides is 1. The fourth-order valence-corrected chi connectivity index (χ4v) is 3.45. The molecule has 1 aromatic carbocycles. The molecule has 0 saturated carbocycles. The highest BCUT2D eigenvalue weighted by atomic mass is 16.4. The van der Waals surface area contributed by atoms with Gasteiger partial charge in [-0.3, -0.25) is 9.78 Å². The number of benzene rings is 1. The van der Waals surface area contributed by atoms with Crippen LogP contribution in [-0.2, 0) is 4.79 Å². The van der Waals surface area contributed by atoms with Crippen LogP contribution in [0.2, 0.25) is 0 Å². The Labute approximate surface area is 149 Å². The number of nitrogens with zero attached hydrogens (tertiary/aromatic N) is 5. The van der Waals surface area contributed by atoms with Gasteiger partial charge in [-0.25, -0.2) is 9.48 Å². The second-order valence-electron chi connectivity index (χ2n) is 6.30. The summed E-state index contributed by atoms with van der Waals surface area (Å²) in [6, 6.07) is 6.83. The van der Waals surface area contributed by atoms with Gasteiger partial charge >= 0.3 is 5.97 Å². The van der Waals surface area contributed by atoms with Crippen molar-refractivity contribution in [3.05, 3.63) is 48.0 Å². The number of hydrogen-bond acceptors (Lipinski definition) is 5. The number of carbonyl (C=O) groups is 2. The van der Waals surface area contributed by atoms with Gasteiger partial charge < -0.3 is 10.0 Å². The number of hydrogen-bond donors (Lipinski definition) is 1. The van der Waals surface area contributed by atoms with Crippen LogP contribution in [0.3, 0.4) is 0 Å². The van der Waals surface area contributed by atoms with Crippen LogP contribution in [0.4, 0.5) is 0 Å². The zero-order valence-corrected chi connectivity index (χ0v) is 14.2. The van der Waals surface area contributed by atoms with Gasteiger partial charge in [0.25, 0.3) is 5.91 Å². The molecule has 1 aliphatic rings. The molecule has 1 saturated heterocycles. The minimum absolute atomic E-state index is 0.184. The molecule has 0 radical (unpaired) electrons. The highest BCUT2D eigenvalue weighted by Gasteiger charge is 2.36. The molecule has 1 amide bonds. The van der Waals surface area contributed by atoms with Crippen LogP contribution in [0, 0.1) is 6.92 Å². The minimum Gasteiger partial charge on any atom is -0.480 e. The highest BCUT2D eigenvalue weighted by Crippen LogP contribution is 2.25. The van der Waals surface area contributed by atoms with Gasteiger partial charge in [-0.15, -0.1) is 5.10 Å². The maximum Gasteiger partial charge on any atom is 0.326 e. The van der Waals surface area contributed by atoms with Crippen molar-refractivity contribution >= 4 is 22.6 Å². The summed E-state index contributed by atoms with van der Waals surface area (Å²) in [7, 11) is 0. The molecule has 1 fully saturated rings. The lowest BCUT2D eigenvalue weighted by atomic mass is 10.1. The molecule has 1 N–H and O–H groups in total. The van der Waals surface area contributed by atoms with Crippen LogP contribution in [0.15, 0.2) is 36.7 Å². The van der Waals surface area contributed by atoms with E-state index in [0.717, 1.165) is 16.5 Å². The van der Waals surface area contributed by atoms with Gasteiger partial charge in [-0.2, -0.15) is 0 Å². The van der Waals surface area contributed by atoms with Crippen LogP contribution < -0.4 is 0 Å². The zero-order chi connectivity index (χ0) is 18.3. The van der Waals surface area contributed by atoms with Crippen molar-refractivity contribution in [3.8, 4) is 5.69 Å². The lowest BCUT2D eigenvalue weighted by molar-refractivity contribution is -0.141. The van der Waals surface area contributed by atoms with Gasteiger partial charge in [0.05, 0.1) is 11.4 Å². The van der Waals surface area contributed by atoms with Crippen molar-refractivity contribution in [1.29, 1.82) is 0 Å². The molecule has 26 heavy (non-hydrogen) atoms. The molecule has 8 heteroatoms. The summed E-state index contributed by atoms with van der Waals surface area (Å²) in [4.78, 5) is 29.7. The van der Waals surface area contributed by atoms with E-state index in [2.05, 4.69) is 15.3 Å². The second kappa shape index (κ2) is 6.21. The first-order chi connectivity index (χ1) is 12.6. The third-order valence-corrected chi connectivity index (χ3v) is 4.78. The number of aromatic nitrogens is 4. The van der Waals surface area contributed by atoms with E-state index >= 15 is 0 Å². The fraction of sp³-hybridized carbons (Fsp3) is 0.278. The van der Waals surface area contributed by atoms with Crippen LogP contribution in [0.1, 0.15) is 29.0 Å². The van der Waals surface area contributed by atoms with Crippen molar-refractivity contribution in [1.82, 2.24) is 24.9 Å². The average Bonchev–Trinajstić information content (AvgIpc) is 3.28. The lowest BCUT2D eigenvalue weighted by Gasteiger charge is -2.20. The van der Waals surface area contributed by atoms with Crippen molar-refractivity contribution < 1.29 is 14.7 Å². The summed E-state index contributed by atoms with van der Waals surface area (Å²) in [5.41, 5.74) is 1.56. The Balaban J connectivity index is 1.75. The van der Waals surface area contributed by atoms with E-state index in [-0.39, 0.29) is 11.6 Å². The Morgan fingerprint density at radius 1 is 1.27 bits per heavy atom. The summed E-state index contributed by atoms with van der Waals surface area (Å²) in [6.45, 7) is 2.18. The Bertz CT molecular complexity index is 1010. The van der Waals surface area contributed by atoms with Crippen molar-refractivity contribution in [2.45, 2.75) is 25.8 Å². The fourth-order valence-electron chi connectivity index (χ4n) is 3.45. The molecule has 0 bridgehead atoms. The van der Waals surface area contributed by atoms with Crippen molar-refractivity contribution in [2.24, 2.45) is 0 Å². The summed E-state index contributed by atoms with van der Waals surface area (Å²) in [6.07, 6.45) is 4.60. The van der Waals surface area contributed by atoms with E-state index < -0.39 is 12.0 Å². The SMILES string of the molecule is Cc1c(C(=O)N2CCC[C@H]2C(=O)O)nnn1-c1cccc2cnccc12. The van der Waals surface area contributed by atoms with E-state index in [4.69, 9.17) is 0 Å². The monoisotopic (exact) mass is 351 g/mol. The predicted octanol–water partition coefficient (Wildman–Crippen LogP) is 1.81. The number of carbonyl (C=O) groups excluding carboxylic acids is 1. The highest BCUT2D eigenvalue weighted by molar-refractivity contribution is 5.96.